The first-order valence-corrected chi connectivity index (χ1v) is 6.29. The second-order valence-corrected chi connectivity index (χ2v) is 4.93. The molecule has 3 rings (SSSR count). The highest BCUT2D eigenvalue weighted by atomic mass is 35.5. The topological polar surface area (TPSA) is 30.5 Å². The minimum absolute atomic E-state index is 0. The van der Waals surface area contributed by atoms with Crippen molar-refractivity contribution in [2.45, 2.75) is 18.8 Å². The van der Waals surface area contributed by atoms with Crippen LogP contribution in [-0.2, 0) is 6.42 Å². The van der Waals surface area contributed by atoms with Crippen LogP contribution in [0, 0.1) is 5.92 Å². The van der Waals surface area contributed by atoms with Crippen molar-refractivity contribution >= 4 is 12.4 Å². The van der Waals surface area contributed by atoms with Gasteiger partial charge in [-0.05, 0) is 36.9 Å². The number of benzene rings is 1. The zero-order chi connectivity index (χ0) is 11.8. The van der Waals surface area contributed by atoms with E-state index >= 15 is 0 Å². The number of rotatable bonds is 2. The molecule has 0 radical (unpaired) electrons. The average molecular weight is 270 g/mol. The monoisotopic (exact) mass is 269 g/mol. The molecule has 1 saturated heterocycles. The summed E-state index contributed by atoms with van der Waals surface area (Å²) in [7, 11) is 3.43. The first kappa shape index (κ1) is 13.5. The van der Waals surface area contributed by atoms with E-state index < -0.39 is 0 Å². The number of nitrogens with one attached hydrogen (secondary N) is 1. The molecular weight excluding hydrogens is 250 g/mol. The zero-order valence-electron chi connectivity index (χ0n) is 10.9. The second kappa shape index (κ2) is 5.37. The number of hydrogen-bond donors (Lipinski definition) is 1. The summed E-state index contributed by atoms with van der Waals surface area (Å²) in [4.78, 5) is 0. The van der Waals surface area contributed by atoms with E-state index in [9.17, 15) is 0 Å². The Kier molecular flexibility index (Phi) is 4.03. The normalized spacial score (nSPS) is 24.8. The molecule has 2 aliphatic rings. The second-order valence-electron chi connectivity index (χ2n) is 4.93. The quantitative estimate of drug-likeness (QED) is 0.894. The Morgan fingerprint density at radius 2 is 2.00 bits per heavy atom. The molecule has 1 aromatic carbocycles. The molecule has 0 amide bonds. The van der Waals surface area contributed by atoms with Crippen LogP contribution in [0.25, 0.3) is 0 Å². The Hall–Kier alpha value is -0.930. The van der Waals surface area contributed by atoms with Gasteiger partial charge in [-0.15, -0.1) is 12.4 Å². The Morgan fingerprint density at radius 1 is 1.17 bits per heavy atom. The molecule has 0 aromatic heterocycles. The number of halogens is 1. The summed E-state index contributed by atoms with van der Waals surface area (Å²) in [5.41, 5.74) is 2.82. The Labute approximate surface area is 114 Å². The van der Waals surface area contributed by atoms with Crippen molar-refractivity contribution in [1.82, 2.24) is 5.32 Å². The van der Waals surface area contributed by atoms with E-state index in [0.717, 1.165) is 30.4 Å². The molecule has 18 heavy (non-hydrogen) atoms. The number of ether oxygens (including phenoxy) is 2. The first-order chi connectivity index (χ1) is 8.35. The Balaban J connectivity index is 0.00000120. The third-order valence-electron chi connectivity index (χ3n) is 4.19. The van der Waals surface area contributed by atoms with Gasteiger partial charge in [0.2, 0.25) is 0 Å². The van der Waals surface area contributed by atoms with Gasteiger partial charge in [-0.2, -0.15) is 0 Å². The van der Waals surface area contributed by atoms with Crippen LogP contribution < -0.4 is 14.8 Å². The summed E-state index contributed by atoms with van der Waals surface area (Å²) in [5, 5.41) is 3.50. The van der Waals surface area contributed by atoms with Gasteiger partial charge in [0.15, 0.2) is 11.5 Å². The Bertz CT molecular complexity index is 436. The van der Waals surface area contributed by atoms with Gasteiger partial charge in [0.25, 0.3) is 0 Å². The summed E-state index contributed by atoms with van der Waals surface area (Å²) in [6.45, 7) is 2.27. The van der Waals surface area contributed by atoms with E-state index in [1.165, 1.54) is 24.1 Å². The molecule has 1 aliphatic carbocycles. The van der Waals surface area contributed by atoms with E-state index in [2.05, 4.69) is 11.4 Å². The molecule has 1 aromatic rings. The van der Waals surface area contributed by atoms with E-state index in [-0.39, 0.29) is 12.4 Å². The van der Waals surface area contributed by atoms with E-state index in [1.54, 1.807) is 14.2 Å². The predicted octanol–water partition coefficient (Wildman–Crippen LogP) is 2.37. The lowest BCUT2D eigenvalue weighted by Crippen LogP contribution is -2.19. The first-order valence-electron chi connectivity index (χ1n) is 6.29. The van der Waals surface area contributed by atoms with Crippen LogP contribution >= 0.6 is 12.4 Å². The number of hydrogen-bond acceptors (Lipinski definition) is 3. The fraction of sp³-hybridized carbons (Fsp3) is 0.571. The average Bonchev–Trinajstić information content (AvgIpc) is 2.85. The lowest BCUT2D eigenvalue weighted by Gasteiger charge is -2.29. The molecular formula is C14H20ClNO2. The maximum atomic E-state index is 5.54. The van der Waals surface area contributed by atoms with Crippen molar-refractivity contribution in [1.29, 1.82) is 0 Å². The Morgan fingerprint density at radius 3 is 2.72 bits per heavy atom. The highest BCUT2D eigenvalue weighted by molar-refractivity contribution is 5.85. The van der Waals surface area contributed by atoms with Gasteiger partial charge in [0.05, 0.1) is 14.2 Å². The maximum Gasteiger partial charge on any atom is 0.164 e. The van der Waals surface area contributed by atoms with Crippen molar-refractivity contribution in [2.24, 2.45) is 5.92 Å². The van der Waals surface area contributed by atoms with Crippen molar-refractivity contribution < 1.29 is 9.47 Å². The van der Waals surface area contributed by atoms with Crippen molar-refractivity contribution in [2.75, 3.05) is 27.3 Å². The van der Waals surface area contributed by atoms with Crippen molar-refractivity contribution in [3.05, 3.63) is 23.3 Å². The summed E-state index contributed by atoms with van der Waals surface area (Å²) < 4.78 is 10.9. The number of fused-ring (bicyclic) bond motifs is 3. The predicted molar refractivity (Wildman–Crippen MR) is 74.2 cm³/mol. The van der Waals surface area contributed by atoms with Gasteiger partial charge in [-0.25, -0.2) is 0 Å². The molecule has 1 N–H and O–H groups in total. The van der Waals surface area contributed by atoms with Crippen LogP contribution in [0.1, 0.15) is 23.5 Å². The van der Waals surface area contributed by atoms with Crippen LogP contribution in [0.3, 0.4) is 0 Å². The molecule has 2 atom stereocenters. The summed E-state index contributed by atoms with van der Waals surface area (Å²) in [6, 6.07) is 4.26. The van der Waals surface area contributed by atoms with Gasteiger partial charge in [0.1, 0.15) is 0 Å². The number of methoxy groups -OCH3 is 2. The smallest absolute Gasteiger partial charge is 0.164 e. The maximum absolute atomic E-state index is 5.54. The van der Waals surface area contributed by atoms with Crippen LogP contribution in [0.5, 0.6) is 11.5 Å². The molecule has 1 heterocycles. The van der Waals surface area contributed by atoms with Gasteiger partial charge in [-0.1, -0.05) is 6.07 Å². The molecule has 0 spiro atoms. The fourth-order valence-corrected chi connectivity index (χ4v) is 3.34. The SMILES string of the molecule is COc1ccc2c(c1OC)CCC1CNCC21.Cl. The third-order valence-corrected chi connectivity index (χ3v) is 4.19. The minimum Gasteiger partial charge on any atom is -0.493 e. The summed E-state index contributed by atoms with van der Waals surface area (Å²) >= 11 is 0. The van der Waals surface area contributed by atoms with Gasteiger partial charge < -0.3 is 14.8 Å². The van der Waals surface area contributed by atoms with Crippen LogP contribution in [-0.4, -0.2) is 27.3 Å². The van der Waals surface area contributed by atoms with E-state index in [0.29, 0.717) is 5.92 Å². The van der Waals surface area contributed by atoms with Crippen LogP contribution in [0.15, 0.2) is 12.1 Å². The van der Waals surface area contributed by atoms with Gasteiger partial charge >= 0.3 is 0 Å². The van der Waals surface area contributed by atoms with E-state index in [4.69, 9.17) is 9.47 Å². The van der Waals surface area contributed by atoms with Gasteiger partial charge in [-0.3, -0.25) is 0 Å². The third kappa shape index (κ3) is 1.95. The molecule has 3 nitrogen and oxygen atoms in total. The molecule has 0 bridgehead atoms. The van der Waals surface area contributed by atoms with Crippen LogP contribution in [0.2, 0.25) is 0 Å². The molecule has 0 saturated carbocycles. The standard InChI is InChI=1S/C14H19NO2.ClH/c1-16-13-6-5-10-11(14(13)17-2)4-3-9-7-15-8-12(9)10;/h5-6,9,12,15H,3-4,7-8H2,1-2H3;1H. The lowest BCUT2D eigenvalue weighted by atomic mass is 9.76. The molecule has 2 unspecified atom stereocenters. The highest BCUT2D eigenvalue weighted by Gasteiger charge is 2.35. The van der Waals surface area contributed by atoms with Crippen molar-refractivity contribution in [3.63, 3.8) is 0 Å². The summed E-state index contributed by atoms with van der Waals surface area (Å²) in [5.74, 6) is 3.27. The molecule has 100 valence electrons. The minimum atomic E-state index is 0. The fourth-order valence-electron chi connectivity index (χ4n) is 3.34. The molecule has 4 heteroatoms. The highest BCUT2D eigenvalue weighted by Crippen LogP contribution is 2.45. The van der Waals surface area contributed by atoms with Crippen LogP contribution in [0.4, 0.5) is 0 Å². The molecule has 1 aliphatic heterocycles. The van der Waals surface area contributed by atoms with Gasteiger partial charge in [0, 0.05) is 18.0 Å². The summed E-state index contributed by atoms with van der Waals surface area (Å²) in [6.07, 6.45) is 2.37. The largest absolute Gasteiger partial charge is 0.493 e. The lowest BCUT2D eigenvalue weighted by molar-refractivity contribution is 0.344. The van der Waals surface area contributed by atoms with Crippen molar-refractivity contribution in [3.8, 4) is 11.5 Å². The van der Waals surface area contributed by atoms with E-state index in [1.807, 2.05) is 6.07 Å². The molecule has 1 fully saturated rings. The zero-order valence-corrected chi connectivity index (χ0v) is 11.7.